The van der Waals surface area contributed by atoms with Gasteiger partial charge in [-0.2, -0.15) is 0 Å². The number of hydrogen-bond donors (Lipinski definition) is 2. The molecule has 4 heteroatoms. The largest absolute Gasteiger partial charge is 0.353 e. The molecule has 3 rings (SSSR count). The minimum atomic E-state index is 0.0697. The smallest absolute Gasteiger partial charge is 0.237 e. The standard InChI is InChI=1S/C17H31N3O/c1-20(2)17(9-4-3-5-10-17)12-19-16(21)15-14-8-6-7-13(14)11-18-15/h13-15,18H,3-12H2,1-2H3,(H,19,21). The number of amides is 1. The number of carbonyl (C=O) groups excluding carboxylic acids is 1. The van der Waals surface area contributed by atoms with Crippen LogP contribution in [0, 0.1) is 11.8 Å². The van der Waals surface area contributed by atoms with Gasteiger partial charge in [-0.3, -0.25) is 4.79 Å². The summed E-state index contributed by atoms with van der Waals surface area (Å²) in [7, 11) is 4.33. The second-order valence-corrected chi connectivity index (χ2v) is 7.64. The maximum absolute atomic E-state index is 12.6. The first-order valence-electron chi connectivity index (χ1n) is 8.81. The summed E-state index contributed by atoms with van der Waals surface area (Å²) >= 11 is 0. The molecule has 0 bridgehead atoms. The third kappa shape index (κ3) is 2.98. The minimum Gasteiger partial charge on any atom is -0.353 e. The van der Waals surface area contributed by atoms with Crippen LogP contribution < -0.4 is 10.6 Å². The van der Waals surface area contributed by atoms with Gasteiger partial charge in [0.05, 0.1) is 6.04 Å². The van der Waals surface area contributed by atoms with Crippen molar-refractivity contribution >= 4 is 5.91 Å². The van der Waals surface area contributed by atoms with Gasteiger partial charge in [0.15, 0.2) is 0 Å². The Labute approximate surface area is 129 Å². The van der Waals surface area contributed by atoms with Crippen molar-refractivity contribution < 1.29 is 4.79 Å². The van der Waals surface area contributed by atoms with E-state index in [0.29, 0.717) is 5.92 Å². The molecule has 4 nitrogen and oxygen atoms in total. The highest BCUT2D eigenvalue weighted by Crippen LogP contribution is 2.38. The summed E-state index contributed by atoms with van der Waals surface area (Å²) in [5, 5.41) is 6.75. The monoisotopic (exact) mass is 293 g/mol. The van der Waals surface area contributed by atoms with E-state index in [4.69, 9.17) is 0 Å². The predicted molar refractivity (Wildman–Crippen MR) is 85.1 cm³/mol. The van der Waals surface area contributed by atoms with Crippen LogP contribution in [0.4, 0.5) is 0 Å². The molecule has 1 aliphatic heterocycles. The Morgan fingerprint density at radius 1 is 1.19 bits per heavy atom. The molecule has 1 heterocycles. The predicted octanol–water partition coefficient (Wildman–Crippen LogP) is 1.76. The molecule has 1 amide bonds. The number of likely N-dealkylation sites (N-methyl/N-ethyl adjacent to an activating group) is 1. The number of rotatable bonds is 4. The molecule has 0 spiro atoms. The van der Waals surface area contributed by atoms with Crippen molar-refractivity contribution in [1.29, 1.82) is 0 Å². The van der Waals surface area contributed by atoms with E-state index in [0.717, 1.165) is 19.0 Å². The van der Waals surface area contributed by atoms with E-state index in [-0.39, 0.29) is 17.5 Å². The maximum Gasteiger partial charge on any atom is 0.237 e. The van der Waals surface area contributed by atoms with E-state index in [1.54, 1.807) is 0 Å². The van der Waals surface area contributed by atoms with E-state index in [2.05, 4.69) is 29.6 Å². The lowest BCUT2D eigenvalue weighted by Gasteiger charge is -2.43. The summed E-state index contributed by atoms with van der Waals surface area (Å²) in [5.74, 6) is 1.58. The summed E-state index contributed by atoms with van der Waals surface area (Å²) in [4.78, 5) is 14.9. The highest BCUT2D eigenvalue weighted by Gasteiger charge is 2.43. The SMILES string of the molecule is CN(C)C1(CNC(=O)C2NCC3CCCC32)CCCCC1. The molecule has 0 aromatic rings. The average Bonchev–Trinajstić information content (AvgIpc) is 3.08. The summed E-state index contributed by atoms with van der Waals surface area (Å²) in [6.45, 7) is 1.86. The van der Waals surface area contributed by atoms with Gasteiger partial charge in [0, 0.05) is 12.1 Å². The summed E-state index contributed by atoms with van der Waals surface area (Å²) < 4.78 is 0. The Morgan fingerprint density at radius 3 is 2.67 bits per heavy atom. The van der Waals surface area contributed by atoms with E-state index >= 15 is 0 Å². The fourth-order valence-electron chi connectivity index (χ4n) is 4.83. The van der Waals surface area contributed by atoms with Gasteiger partial charge in [0.1, 0.15) is 0 Å². The first-order valence-corrected chi connectivity index (χ1v) is 8.81. The molecule has 3 fully saturated rings. The Morgan fingerprint density at radius 2 is 1.95 bits per heavy atom. The van der Waals surface area contributed by atoms with Gasteiger partial charge in [-0.15, -0.1) is 0 Å². The number of nitrogens with one attached hydrogen (secondary N) is 2. The first kappa shape index (κ1) is 15.3. The van der Waals surface area contributed by atoms with Crippen molar-refractivity contribution in [3.05, 3.63) is 0 Å². The lowest BCUT2D eigenvalue weighted by Crippen LogP contribution is -2.56. The molecule has 1 saturated heterocycles. The van der Waals surface area contributed by atoms with Crippen LogP contribution in [-0.4, -0.2) is 49.6 Å². The molecule has 3 atom stereocenters. The first-order chi connectivity index (χ1) is 10.1. The number of fused-ring (bicyclic) bond motifs is 1. The van der Waals surface area contributed by atoms with Gasteiger partial charge in [-0.25, -0.2) is 0 Å². The summed E-state index contributed by atoms with van der Waals surface area (Å²) in [6.07, 6.45) is 10.2. The van der Waals surface area contributed by atoms with E-state index < -0.39 is 0 Å². The zero-order valence-electron chi connectivity index (χ0n) is 13.7. The molecular weight excluding hydrogens is 262 g/mol. The van der Waals surface area contributed by atoms with Crippen LogP contribution in [-0.2, 0) is 4.79 Å². The quantitative estimate of drug-likeness (QED) is 0.830. The molecule has 0 aromatic heterocycles. The average molecular weight is 293 g/mol. The summed E-state index contributed by atoms with van der Waals surface area (Å²) in [5.41, 5.74) is 0.182. The second kappa shape index (κ2) is 6.25. The van der Waals surface area contributed by atoms with Crippen LogP contribution in [0.15, 0.2) is 0 Å². The fourth-order valence-corrected chi connectivity index (χ4v) is 4.83. The van der Waals surface area contributed by atoms with Gasteiger partial charge in [-0.05, 0) is 58.2 Å². The third-order valence-corrected chi connectivity index (χ3v) is 6.35. The van der Waals surface area contributed by atoms with Crippen molar-refractivity contribution in [2.45, 2.75) is 62.9 Å². The normalized spacial score (nSPS) is 34.9. The summed E-state index contributed by atoms with van der Waals surface area (Å²) in [6, 6.07) is 0.0697. The number of nitrogens with zero attached hydrogens (tertiary/aromatic N) is 1. The molecule has 2 aliphatic carbocycles. The fraction of sp³-hybridized carbons (Fsp3) is 0.941. The zero-order valence-corrected chi connectivity index (χ0v) is 13.7. The van der Waals surface area contributed by atoms with Crippen LogP contribution in [0.2, 0.25) is 0 Å². The Kier molecular flexibility index (Phi) is 4.55. The van der Waals surface area contributed by atoms with Crippen molar-refractivity contribution in [2.75, 3.05) is 27.2 Å². The molecule has 2 N–H and O–H groups in total. The second-order valence-electron chi connectivity index (χ2n) is 7.64. The Bertz CT molecular complexity index is 376. The van der Waals surface area contributed by atoms with Crippen molar-refractivity contribution in [3.63, 3.8) is 0 Å². The Hall–Kier alpha value is -0.610. The molecule has 0 radical (unpaired) electrons. The highest BCUT2D eigenvalue weighted by atomic mass is 16.2. The van der Waals surface area contributed by atoms with Gasteiger partial charge in [-0.1, -0.05) is 25.7 Å². The van der Waals surface area contributed by atoms with Crippen LogP contribution in [0.25, 0.3) is 0 Å². The van der Waals surface area contributed by atoms with E-state index in [1.165, 1.54) is 51.4 Å². The van der Waals surface area contributed by atoms with Crippen molar-refractivity contribution in [1.82, 2.24) is 15.5 Å². The lowest BCUT2D eigenvalue weighted by atomic mass is 9.80. The van der Waals surface area contributed by atoms with Gasteiger partial charge < -0.3 is 15.5 Å². The lowest BCUT2D eigenvalue weighted by molar-refractivity contribution is -0.124. The van der Waals surface area contributed by atoms with Crippen LogP contribution in [0.5, 0.6) is 0 Å². The molecular formula is C17H31N3O. The van der Waals surface area contributed by atoms with Crippen LogP contribution >= 0.6 is 0 Å². The van der Waals surface area contributed by atoms with Crippen LogP contribution in [0.3, 0.4) is 0 Å². The van der Waals surface area contributed by atoms with E-state index in [9.17, 15) is 4.79 Å². The van der Waals surface area contributed by atoms with Gasteiger partial charge in [0.25, 0.3) is 0 Å². The van der Waals surface area contributed by atoms with E-state index in [1.807, 2.05) is 0 Å². The topological polar surface area (TPSA) is 44.4 Å². The highest BCUT2D eigenvalue weighted by molar-refractivity contribution is 5.82. The van der Waals surface area contributed by atoms with Gasteiger partial charge in [0.2, 0.25) is 5.91 Å². The molecule has 21 heavy (non-hydrogen) atoms. The third-order valence-electron chi connectivity index (χ3n) is 6.35. The molecule has 3 unspecified atom stereocenters. The molecule has 2 saturated carbocycles. The van der Waals surface area contributed by atoms with Crippen molar-refractivity contribution in [3.8, 4) is 0 Å². The number of hydrogen-bond acceptors (Lipinski definition) is 3. The minimum absolute atomic E-state index is 0.0697. The Balaban J connectivity index is 1.57. The van der Waals surface area contributed by atoms with Crippen molar-refractivity contribution in [2.24, 2.45) is 11.8 Å². The maximum atomic E-state index is 12.6. The van der Waals surface area contributed by atoms with Crippen LogP contribution in [0.1, 0.15) is 51.4 Å². The van der Waals surface area contributed by atoms with Gasteiger partial charge >= 0.3 is 0 Å². The number of carbonyl (C=O) groups is 1. The molecule has 3 aliphatic rings. The zero-order chi connectivity index (χ0) is 14.9. The molecule has 0 aromatic carbocycles. The molecule has 120 valence electrons.